The average Bonchev–Trinajstić information content (AvgIpc) is 2.97. The Morgan fingerprint density at radius 2 is 1.78 bits per heavy atom. The summed E-state index contributed by atoms with van der Waals surface area (Å²) in [4.78, 5) is 13.2. The van der Waals surface area contributed by atoms with Gasteiger partial charge in [0.05, 0.1) is 12.0 Å². The summed E-state index contributed by atoms with van der Waals surface area (Å²) in [6, 6.07) is 10.9. The van der Waals surface area contributed by atoms with Crippen molar-refractivity contribution in [3.63, 3.8) is 0 Å². The van der Waals surface area contributed by atoms with E-state index in [1.165, 1.54) is 5.56 Å². The molecule has 0 N–H and O–H groups in total. The first-order valence-corrected chi connectivity index (χ1v) is 11.7. The van der Waals surface area contributed by atoms with Crippen molar-refractivity contribution in [2.24, 2.45) is 11.8 Å². The third-order valence-corrected chi connectivity index (χ3v) is 11.6. The zero-order valence-electron chi connectivity index (χ0n) is 15.0. The van der Waals surface area contributed by atoms with Crippen molar-refractivity contribution in [1.29, 1.82) is 0 Å². The average molecular weight is 328 g/mol. The standard InChI is InChI=1S/C20H29NOSi/c1-20(2,3)23(4,5)21-18(16-13-7-6-8-14-16)17(19(21)22)15-11-9-10-12-15/h6-9,11,13-15,17-18H,10,12H2,1-5H3. The number of carbonyl (C=O) groups is 1. The zero-order chi connectivity index (χ0) is 16.8. The molecule has 3 rings (SSSR count). The zero-order valence-corrected chi connectivity index (χ0v) is 16.0. The molecule has 0 radical (unpaired) electrons. The third kappa shape index (κ3) is 2.59. The Kier molecular flexibility index (Phi) is 4.03. The summed E-state index contributed by atoms with van der Waals surface area (Å²) in [5, 5.41) is 0.173. The summed E-state index contributed by atoms with van der Waals surface area (Å²) in [7, 11) is -1.86. The Morgan fingerprint density at radius 3 is 2.30 bits per heavy atom. The van der Waals surface area contributed by atoms with E-state index in [9.17, 15) is 4.79 Å². The quantitative estimate of drug-likeness (QED) is 0.427. The summed E-state index contributed by atoms with van der Waals surface area (Å²) in [6.07, 6.45) is 6.78. The number of nitrogens with zero attached hydrogens (tertiary/aromatic N) is 1. The van der Waals surface area contributed by atoms with E-state index in [2.05, 4.69) is 80.9 Å². The molecule has 3 heteroatoms. The summed E-state index contributed by atoms with van der Waals surface area (Å²) in [5.74, 6) is 0.959. The second-order valence-electron chi connectivity index (χ2n) is 8.57. The van der Waals surface area contributed by atoms with Gasteiger partial charge >= 0.3 is 0 Å². The van der Waals surface area contributed by atoms with Crippen LogP contribution >= 0.6 is 0 Å². The maximum absolute atomic E-state index is 13.2. The van der Waals surface area contributed by atoms with Crippen LogP contribution in [0, 0.1) is 11.8 Å². The molecule has 3 atom stereocenters. The number of rotatable bonds is 3. The van der Waals surface area contributed by atoms with Gasteiger partial charge in [0.25, 0.3) is 0 Å². The lowest BCUT2D eigenvalue weighted by molar-refractivity contribution is -0.151. The number of benzene rings is 1. The van der Waals surface area contributed by atoms with Crippen molar-refractivity contribution in [3.05, 3.63) is 48.0 Å². The molecule has 1 aliphatic heterocycles. The molecular weight excluding hydrogens is 298 g/mol. The number of allylic oxidation sites excluding steroid dienone is 2. The predicted octanol–water partition coefficient (Wildman–Crippen LogP) is 5.16. The fourth-order valence-corrected chi connectivity index (χ4v) is 6.30. The summed E-state index contributed by atoms with van der Waals surface area (Å²) in [6.45, 7) is 11.6. The molecule has 1 fully saturated rings. The van der Waals surface area contributed by atoms with Gasteiger partial charge in [-0.25, -0.2) is 0 Å². The van der Waals surface area contributed by atoms with Crippen molar-refractivity contribution >= 4 is 14.1 Å². The molecule has 1 aliphatic carbocycles. The van der Waals surface area contributed by atoms with Gasteiger partial charge in [-0.1, -0.05) is 76.3 Å². The molecule has 1 amide bonds. The number of hydrogen-bond acceptors (Lipinski definition) is 1. The molecule has 23 heavy (non-hydrogen) atoms. The van der Waals surface area contributed by atoms with Crippen LogP contribution in [-0.4, -0.2) is 18.7 Å². The smallest absolute Gasteiger partial charge is 0.221 e. The summed E-state index contributed by atoms with van der Waals surface area (Å²) in [5.41, 5.74) is 1.31. The highest BCUT2D eigenvalue weighted by Crippen LogP contribution is 2.53. The maximum Gasteiger partial charge on any atom is 0.221 e. The van der Waals surface area contributed by atoms with Crippen LogP contribution in [0.3, 0.4) is 0 Å². The minimum Gasteiger partial charge on any atom is -0.361 e. The number of hydrogen-bond donors (Lipinski definition) is 0. The van der Waals surface area contributed by atoms with Gasteiger partial charge in [-0.3, -0.25) is 4.79 Å². The molecule has 2 aliphatic rings. The van der Waals surface area contributed by atoms with E-state index >= 15 is 0 Å². The molecule has 0 spiro atoms. The van der Waals surface area contributed by atoms with Gasteiger partial charge in [0.2, 0.25) is 5.91 Å². The highest BCUT2D eigenvalue weighted by Gasteiger charge is 2.59. The fraction of sp³-hybridized carbons (Fsp3) is 0.550. The van der Waals surface area contributed by atoms with Gasteiger partial charge in [-0.05, 0) is 29.4 Å². The Morgan fingerprint density at radius 1 is 1.13 bits per heavy atom. The monoisotopic (exact) mass is 327 g/mol. The van der Waals surface area contributed by atoms with Crippen molar-refractivity contribution in [2.75, 3.05) is 0 Å². The van der Waals surface area contributed by atoms with Crippen LogP contribution in [0.25, 0.3) is 0 Å². The van der Waals surface area contributed by atoms with Crippen molar-refractivity contribution < 1.29 is 4.79 Å². The van der Waals surface area contributed by atoms with Crippen molar-refractivity contribution in [1.82, 2.24) is 4.57 Å². The first-order chi connectivity index (χ1) is 10.7. The van der Waals surface area contributed by atoms with Crippen LogP contribution in [0.1, 0.15) is 45.2 Å². The Hall–Kier alpha value is -1.35. The minimum absolute atomic E-state index is 0.144. The highest BCUT2D eigenvalue weighted by atomic mass is 28.3. The molecule has 1 aromatic carbocycles. The van der Waals surface area contributed by atoms with E-state index in [0.29, 0.717) is 11.8 Å². The van der Waals surface area contributed by atoms with Crippen LogP contribution < -0.4 is 0 Å². The Balaban J connectivity index is 1.99. The van der Waals surface area contributed by atoms with Gasteiger partial charge < -0.3 is 4.57 Å². The molecule has 124 valence electrons. The predicted molar refractivity (Wildman–Crippen MR) is 98.6 cm³/mol. The van der Waals surface area contributed by atoms with E-state index in [1.807, 2.05) is 0 Å². The first kappa shape index (κ1) is 16.5. The second-order valence-corrected chi connectivity index (χ2v) is 13.7. The lowest BCUT2D eigenvalue weighted by atomic mass is 9.76. The van der Waals surface area contributed by atoms with Gasteiger partial charge in [0.1, 0.15) is 0 Å². The van der Waals surface area contributed by atoms with Crippen LogP contribution in [0.5, 0.6) is 0 Å². The van der Waals surface area contributed by atoms with E-state index in [0.717, 1.165) is 12.8 Å². The molecule has 1 saturated heterocycles. The molecule has 0 bridgehead atoms. The van der Waals surface area contributed by atoms with Crippen molar-refractivity contribution in [3.8, 4) is 0 Å². The largest absolute Gasteiger partial charge is 0.361 e. The van der Waals surface area contributed by atoms with Crippen LogP contribution in [0.2, 0.25) is 18.1 Å². The van der Waals surface area contributed by atoms with Gasteiger partial charge in [0.15, 0.2) is 8.24 Å². The molecule has 3 unspecified atom stereocenters. The van der Waals surface area contributed by atoms with E-state index in [4.69, 9.17) is 0 Å². The second kappa shape index (κ2) is 5.62. The Labute approximate surface area is 141 Å². The molecule has 1 heterocycles. The highest BCUT2D eigenvalue weighted by molar-refractivity contribution is 6.80. The fourth-order valence-electron chi connectivity index (χ4n) is 3.87. The number of β-lactam (4-membered cyclic amide) rings is 1. The van der Waals surface area contributed by atoms with E-state index in [-0.39, 0.29) is 17.0 Å². The minimum atomic E-state index is -1.86. The van der Waals surface area contributed by atoms with Crippen LogP contribution in [0.15, 0.2) is 42.5 Å². The lowest BCUT2D eigenvalue weighted by Crippen LogP contribution is -2.69. The normalized spacial score (nSPS) is 28.1. The van der Waals surface area contributed by atoms with E-state index < -0.39 is 8.24 Å². The molecule has 2 nitrogen and oxygen atoms in total. The number of carbonyl (C=O) groups excluding carboxylic acids is 1. The molecule has 1 aromatic rings. The van der Waals surface area contributed by atoms with Crippen LogP contribution in [0.4, 0.5) is 0 Å². The summed E-state index contributed by atoms with van der Waals surface area (Å²) >= 11 is 0. The third-order valence-electron chi connectivity index (χ3n) is 6.23. The lowest BCUT2D eigenvalue weighted by Gasteiger charge is -2.59. The van der Waals surface area contributed by atoms with Crippen molar-refractivity contribution in [2.45, 2.75) is 57.8 Å². The summed E-state index contributed by atoms with van der Waals surface area (Å²) < 4.78 is 2.29. The molecule has 0 aromatic heterocycles. The first-order valence-electron chi connectivity index (χ1n) is 8.80. The van der Waals surface area contributed by atoms with Crippen LogP contribution in [-0.2, 0) is 4.79 Å². The molecular formula is C20H29NOSi. The number of amides is 1. The van der Waals surface area contributed by atoms with Gasteiger partial charge in [0, 0.05) is 0 Å². The Bertz CT molecular complexity index is 614. The van der Waals surface area contributed by atoms with E-state index in [1.54, 1.807) is 0 Å². The SMILES string of the molecule is CC(C)(C)[Si](C)(C)N1C(=O)C(C2C=CCC2)C1c1ccccc1. The topological polar surface area (TPSA) is 20.3 Å². The maximum atomic E-state index is 13.2. The van der Waals surface area contributed by atoms with Gasteiger partial charge in [-0.15, -0.1) is 0 Å². The molecule has 0 saturated carbocycles. The van der Waals surface area contributed by atoms with Gasteiger partial charge in [-0.2, -0.15) is 0 Å².